The Balaban J connectivity index is 1.96. The highest BCUT2D eigenvalue weighted by molar-refractivity contribution is 5.98. The van der Waals surface area contributed by atoms with Gasteiger partial charge in [-0.15, -0.1) is 0 Å². The number of piperidine rings is 1. The monoisotopic (exact) mass is 289 g/mol. The minimum Gasteiger partial charge on any atom is -0.326 e. The predicted octanol–water partition coefficient (Wildman–Crippen LogP) is 2.51. The summed E-state index contributed by atoms with van der Waals surface area (Å²) in [4.78, 5) is 23.7. The normalized spacial score (nSPS) is 21.6. The van der Waals surface area contributed by atoms with Crippen LogP contribution in [-0.4, -0.2) is 23.9 Å². The molecule has 1 atom stereocenters. The van der Waals surface area contributed by atoms with Crippen LogP contribution in [0.4, 0.5) is 11.4 Å². The van der Waals surface area contributed by atoms with E-state index in [-0.39, 0.29) is 11.8 Å². The number of benzene rings is 1. The molecule has 0 aromatic heterocycles. The highest BCUT2D eigenvalue weighted by Gasteiger charge is 2.34. The van der Waals surface area contributed by atoms with Crippen molar-refractivity contribution in [3.8, 4) is 0 Å². The molecule has 0 radical (unpaired) electrons. The standard InChI is InChI=1S/C16H23N3O2/c1-3-14(20)18-12-6-8-13(9-7-12)19-15(21)16(2)10-4-5-11-17-16/h6-9,17H,3-5,10-11H2,1-2H3,(H,18,20)(H,19,21). The number of carbonyl (C=O) groups is 2. The number of anilines is 2. The van der Waals surface area contributed by atoms with Crippen LogP contribution in [0.2, 0.25) is 0 Å². The van der Waals surface area contributed by atoms with Crippen LogP contribution in [0, 0.1) is 0 Å². The fraction of sp³-hybridized carbons (Fsp3) is 0.500. The highest BCUT2D eigenvalue weighted by Crippen LogP contribution is 2.21. The Morgan fingerprint density at radius 1 is 1.14 bits per heavy atom. The molecule has 1 heterocycles. The van der Waals surface area contributed by atoms with E-state index in [1.807, 2.05) is 13.8 Å². The lowest BCUT2D eigenvalue weighted by Crippen LogP contribution is -2.54. The van der Waals surface area contributed by atoms with Crippen LogP contribution in [0.5, 0.6) is 0 Å². The van der Waals surface area contributed by atoms with Crippen LogP contribution >= 0.6 is 0 Å². The maximum atomic E-state index is 12.4. The van der Waals surface area contributed by atoms with Crippen LogP contribution in [0.3, 0.4) is 0 Å². The molecule has 0 saturated carbocycles. The van der Waals surface area contributed by atoms with Gasteiger partial charge in [-0.3, -0.25) is 9.59 Å². The minimum atomic E-state index is -0.493. The molecule has 21 heavy (non-hydrogen) atoms. The number of hydrogen-bond acceptors (Lipinski definition) is 3. The van der Waals surface area contributed by atoms with E-state index in [0.717, 1.165) is 37.2 Å². The summed E-state index contributed by atoms with van der Waals surface area (Å²) in [7, 11) is 0. The van der Waals surface area contributed by atoms with Crippen molar-refractivity contribution in [3.63, 3.8) is 0 Å². The summed E-state index contributed by atoms with van der Waals surface area (Å²) in [6.07, 6.45) is 3.49. The van der Waals surface area contributed by atoms with Crippen LogP contribution in [0.15, 0.2) is 24.3 Å². The van der Waals surface area contributed by atoms with Crippen molar-refractivity contribution in [1.29, 1.82) is 0 Å². The molecular formula is C16H23N3O2. The van der Waals surface area contributed by atoms with Gasteiger partial charge in [-0.2, -0.15) is 0 Å². The second-order valence-electron chi connectivity index (χ2n) is 5.65. The van der Waals surface area contributed by atoms with Gasteiger partial charge in [0.1, 0.15) is 0 Å². The molecule has 3 N–H and O–H groups in total. The van der Waals surface area contributed by atoms with Crippen LogP contribution in [-0.2, 0) is 9.59 Å². The summed E-state index contributed by atoms with van der Waals surface area (Å²) in [6, 6.07) is 7.18. The van der Waals surface area contributed by atoms with Gasteiger partial charge < -0.3 is 16.0 Å². The summed E-state index contributed by atoms with van der Waals surface area (Å²) >= 11 is 0. The van der Waals surface area contributed by atoms with Crippen molar-refractivity contribution < 1.29 is 9.59 Å². The second kappa shape index (κ2) is 6.72. The van der Waals surface area contributed by atoms with Gasteiger partial charge >= 0.3 is 0 Å². The lowest BCUT2D eigenvalue weighted by atomic mass is 9.90. The maximum Gasteiger partial charge on any atom is 0.244 e. The molecule has 1 aromatic carbocycles. The predicted molar refractivity (Wildman–Crippen MR) is 84.3 cm³/mol. The van der Waals surface area contributed by atoms with E-state index in [1.165, 1.54) is 0 Å². The van der Waals surface area contributed by atoms with Crippen LogP contribution in [0.25, 0.3) is 0 Å². The summed E-state index contributed by atoms with van der Waals surface area (Å²) in [6.45, 7) is 4.63. The second-order valence-corrected chi connectivity index (χ2v) is 5.65. The first kappa shape index (κ1) is 15.5. The van der Waals surface area contributed by atoms with Gasteiger partial charge in [-0.1, -0.05) is 6.92 Å². The number of amides is 2. The van der Waals surface area contributed by atoms with Gasteiger partial charge in [0.15, 0.2) is 0 Å². The third kappa shape index (κ3) is 4.04. The average molecular weight is 289 g/mol. The number of nitrogens with one attached hydrogen (secondary N) is 3. The maximum absolute atomic E-state index is 12.4. The quantitative estimate of drug-likeness (QED) is 0.797. The van der Waals surface area contributed by atoms with Crippen molar-refractivity contribution in [3.05, 3.63) is 24.3 Å². The van der Waals surface area contributed by atoms with Crippen LogP contribution in [0.1, 0.15) is 39.5 Å². The summed E-state index contributed by atoms with van der Waals surface area (Å²) < 4.78 is 0. The first-order valence-electron chi connectivity index (χ1n) is 7.50. The fourth-order valence-corrected chi connectivity index (χ4v) is 2.41. The molecule has 0 bridgehead atoms. The molecule has 1 fully saturated rings. The van der Waals surface area contributed by atoms with E-state index >= 15 is 0 Å². The van der Waals surface area contributed by atoms with Gasteiger partial charge in [0.25, 0.3) is 0 Å². The van der Waals surface area contributed by atoms with E-state index in [9.17, 15) is 9.59 Å². The third-order valence-corrected chi connectivity index (χ3v) is 3.87. The number of hydrogen-bond donors (Lipinski definition) is 3. The fourth-order valence-electron chi connectivity index (χ4n) is 2.41. The van der Waals surface area contributed by atoms with E-state index < -0.39 is 5.54 Å². The smallest absolute Gasteiger partial charge is 0.244 e. The lowest BCUT2D eigenvalue weighted by Gasteiger charge is -2.33. The topological polar surface area (TPSA) is 70.2 Å². The van der Waals surface area contributed by atoms with Gasteiger partial charge in [0.2, 0.25) is 11.8 Å². The van der Waals surface area contributed by atoms with Gasteiger partial charge in [0, 0.05) is 17.8 Å². The molecule has 114 valence electrons. The van der Waals surface area contributed by atoms with E-state index in [2.05, 4.69) is 16.0 Å². The SMILES string of the molecule is CCC(=O)Nc1ccc(NC(=O)C2(C)CCCCN2)cc1. The van der Waals surface area contributed by atoms with E-state index in [1.54, 1.807) is 24.3 Å². The molecule has 1 unspecified atom stereocenters. The molecular weight excluding hydrogens is 266 g/mol. The molecule has 1 aliphatic heterocycles. The van der Waals surface area contributed by atoms with Gasteiger partial charge in [-0.05, 0) is 57.0 Å². The minimum absolute atomic E-state index is 0.00690. The van der Waals surface area contributed by atoms with Crippen molar-refractivity contribution in [2.24, 2.45) is 0 Å². The lowest BCUT2D eigenvalue weighted by molar-refractivity contribution is -0.122. The molecule has 0 aliphatic carbocycles. The Morgan fingerprint density at radius 2 is 1.76 bits per heavy atom. The van der Waals surface area contributed by atoms with Crippen LogP contribution < -0.4 is 16.0 Å². The van der Waals surface area contributed by atoms with Crippen molar-refractivity contribution >= 4 is 23.2 Å². The molecule has 2 amide bonds. The van der Waals surface area contributed by atoms with E-state index in [0.29, 0.717) is 6.42 Å². The zero-order valence-corrected chi connectivity index (χ0v) is 12.7. The molecule has 1 aliphatic rings. The van der Waals surface area contributed by atoms with Crippen molar-refractivity contribution in [2.45, 2.75) is 45.1 Å². The Hall–Kier alpha value is -1.88. The molecule has 2 rings (SSSR count). The average Bonchev–Trinajstić information content (AvgIpc) is 2.50. The molecule has 1 aromatic rings. The molecule has 0 spiro atoms. The largest absolute Gasteiger partial charge is 0.326 e. The summed E-state index contributed by atoms with van der Waals surface area (Å²) in [5, 5.41) is 9.00. The highest BCUT2D eigenvalue weighted by atomic mass is 16.2. The van der Waals surface area contributed by atoms with Crippen molar-refractivity contribution in [2.75, 3.05) is 17.2 Å². The third-order valence-electron chi connectivity index (χ3n) is 3.87. The van der Waals surface area contributed by atoms with Gasteiger partial charge in [-0.25, -0.2) is 0 Å². The van der Waals surface area contributed by atoms with Crippen molar-refractivity contribution in [1.82, 2.24) is 5.32 Å². The Bertz CT molecular complexity index is 505. The molecule has 5 nitrogen and oxygen atoms in total. The Labute approximate surface area is 125 Å². The molecule has 5 heteroatoms. The Morgan fingerprint density at radius 3 is 2.29 bits per heavy atom. The zero-order valence-electron chi connectivity index (χ0n) is 12.7. The first-order valence-corrected chi connectivity index (χ1v) is 7.50. The Kier molecular flexibility index (Phi) is 4.96. The summed E-state index contributed by atoms with van der Waals surface area (Å²) in [5.74, 6) is -0.0294. The number of rotatable bonds is 4. The summed E-state index contributed by atoms with van der Waals surface area (Å²) in [5.41, 5.74) is 0.984. The number of carbonyl (C=O) groups excluding carboxylic acids is 2. The molecule has 1 saturated heterocycles. The van der Waals surface area contributed by atoms with E-state index in [4.69, 9.17) is 0 Å². The first-order chi connectivity index (χ1) is 10.0. The zero-order chi connectivity index (χ0) is 15.3. The van der Waals surface area contributed by atoms with Gasteiger partial charge in [0.05, 0.1) is 5.54 Å².